The lowest BCUT2D eigenvalue weighted by atomic mass is 10.2. The van der Waals surface area contributed by atoms with Crippen LogP contribution in [0, 0.1) is 18.3 Å². The summed E-state index contributed by atoms with van der Waals surface area (Å²) in [5.74, 6) is 0.639. The van der Waals surface area contributed by atoms with Crippen molar-refractivity contribution in [3.05, 3.63) is 39.7 Å². The van der Waals surface area contributed by atoms with Gasteiger partial charge in [0.15, 0.2) is 0 Å². The molecular weight excluding hydrogens is 256 g/mol. The van der Waals surface area contributed by atoms with Gasteiger partial charge in [0.1, 0.15) is 11.9 Å². The zero-order valence-corrected chi connectivity index (χ0v) is 11.8. The molecule has 1 atom stereocenters. The van der Waals surface area contributed by atoms with E-state index < -0.39 is 0 Å². The van der Waals surface area contributed by atoms with E-state index in [4.69, 9.17) is 11.0 Å². The predicted molar refractivity (Wildman–Crippen MR) is 79.2 cm³/mol. The van der Waals surface area contributed by atoms with Crippen LogP contribution in [-0.2, 0) is 6.42 Å². The number of nitrogens with one attached hydrogen (secondary N) is 1. The number of thiophene rings is 1. The molecule has 0 bridgehead atoms. The summed E-state index contributed by atoms with van der Waals surface area (Å²) in [5.41, 5.74) is 6.85. The number of anilines is 2. The number of nitrogen functional groups attached to an aromatic ring is 1. The number of aryl methyl sites for hydroxylation is 1. The normalized spacial score (nSPS) is 11.8. The molecule has 0 saturated heterocycles. The summed E-state index contributed by atoms with van der Waals surface area (Å²) in [5, 5.41) is 12.0. The summed E-state index contributed by atoms with van der Waals surface area (Å²) in [6.45, 7) is 4.20. The molecule has 0 spiro atoms. The SMILES string of the molecule is Cc1ccc(CC(C)Nc2ncc(C#N)cc2N)s1. The maximum absolute atomic E-state index is 8.77. The Hall–Kier alpha value is -2.06. The molecule has 2 heterocycles. The summed E-state index contributed by atoms with van der Waals surface area (Å²) in [7, 11) is 0. The Bertz CT molecular complexity index is 612. The molecule has 5 heteroatoms. The molecule has 0 aliphatic heterocycles. The van der Waals surface area contributed by atoms with Crippen molar-refractivity contribution in [2.75, 3.05) is 11.1 Å². The van der Waals surface area contributed by atoms with E-state index in [-0.39, 0.29) is 6.04 Å². The predicted octanol–water partition coefficient (Wildman–Crippen LogP) is 2.95. The summed E-state index contributed by atoms with van der Waals surface area (Å²) < 4.78 is 0. The Balaban J connectivity index is 2.03. The number of pyridine rings is 1. The molecule has 1 unspecified atom stereocenters. The molecule has 98 valence electrons. The molecule has 2 aromatic rings. The lowest BCUT2D eigenvalue weighted by Crippen LogP contribution is -2.19. The molecular formula is C14H16N4S. The first-order valence-electron chi connectivity index (χ1n) is 6.06. The molecule has 0 saturated carbocycles. The second-order valence-corrected chi connectivity index (χ2v) is 5.91. The van der Waals surface area contributed by atoms with Gasteiger partial charge in [-0.15, -0.1) is 11.3 Å². The fourth-order valence-electron chi connectivity index (χ4n) is 1.84. The van der Waals surface area contributed by atoms with Crippen molar-refractivity contribution in [3.8, 4) is 6.07 Å². The monoisotopic (exact) mass is 272 g/mol. The second kappa shape index (κ2) is 5.72. The molecule has 0 aliphatic carbocycles. The highest BCUT2D eigenvalue weighted by atomic mass is 32.1. The van der Waals surface area contributed by atoms with Crippen LogP contribution in [-0.4, -0.2) is 11.0 Å². The molecule has 4 nitrogen and oxygen atoms in total. The van der Waals surface area contributed by atoms with Gasteiger partial charge < -0.3 is 11.1 Å². The molecule has 0 radical (unpaired) electrons. The molecule has 2 rings (SSSR count). The van der Waals surface area contributed by atoms with Gasteiger partial charge in [0, 0.05) is 28.4 Å². The number of nitriles is 1. The summed E-state index contributed by atoms with van der Waals surface area (Å²) >= 11 is 1.80. The third-order valence-electron chi connectivity index (χ3n) is 2.73. The highest BCUT2D eigenvalue weighted by Crippen LogP contribution is 2.20. The largest absolute Gasteiger partial charge is 0.396 e. The number of hydrogen-bond acceptors (Lipinski definition) is 5. The lowest BCUT2D eigenvalue weighted by Gasteiger charge is -2.15. The highest BCUT2D eigenvalue weighted by Gasteiger charge is 2.09. The van der Waals surface area contributed by atoms with E-state index in [1.54, 1.807) is 17.4 Å². The molecule has 19 heavy (non-hydrogen) atoms. The van der Waals surface area contributed by atoms with Crippen LogP contribution in [0.25, 0.3) is 0 Å². The average molecular weight is 272 g/mol. The van der Waals surface area contributed by atoms with Crippen LogP contribution < -0.4 is 11.1 Å². The van der Waals surface area contributed by atoms with Gasteiger partial charge in [0.25, 0.3) is 0 Å². The van der Waals surface area contributed by atoms with Crippen molar-refractivity contribution in [2.24, 2.45) is 0 Å². The van der Waals surface area contributed by atoms with Gasteiger partial charge in [-0.25, -0.2) is 4.98 Å². The van der Waals surface area contributed by atoms with Crippen molar-refractivity contribution in [1.29, 1.82) is 5.26 Å². The summed E-state index contributed by atoms with van der Waals surface area (Å²) in [4.78, 5) is 6.84. The van der Waals surface area contributed by atoms with Gasteiger partial charge in [0.2, 0.25) is 0 Å². The van der Waals surface area contributed by atoms with E-state index in [1.165, 1.54) is 16.0 Å². The Morgan fingerprint density at radius 2 is 2.32 bits per heavy atom. The van der Waals surface area contributed by atoms with Crippen molar-refractivity contribution in [2.45, 2.75) is 26.3 Å². The first-order valence-corrected chi connectivity index (χ1v) is 6.87. The number of nitrogens with two attached hydrogens (primary N) is 1. The van der Waals surface area contributed by atoms with E-state index >= 15 is 0 Å². The minimum absolute atomic E-state index is 0.237. The Kier molecular flexibility index (Phi) is 4.03. The molecule has 0 amide bonds. The van der Waals surface area contributed by atoms with E-state index in [1.807, 2.05) is 6.07 Å². The molecule has 0 aromatic carbocycles. The summed E-state index contributed by atoms with van der Waals surface area (Å²) in [6, 6.07) is 8.17. The van der Waals surface area contributed by atoms with Gasteiger partial charge in [0.05, 0.1) is 11.3 Å². The van der Waals surface area contributed by atoms with Gasteiger partial charge >= 0.3 is 0 Å². The minimum atomic E-state index is 0.237. The number of nitrogens with zero attached hydrogens (tertiary/aromatic N) is 2. The third kappa shape index (κ3) is 3.46. The van der Waals surface area contributed by atoms with Crippen molar-refractivity contribution < 1.29 is 0 Å². The second-order valence-electron chi connectivity index (χ2n) is 4.54. The quantitative estimate of drug-likeness (QED) is 0.897. The Labute approximate surface area is 116 Å². The van der Waals surface area contributed by atoms with Crippen LogP contribution in [0.4, 0.5) is 11.5 Å². The maximum atomic E-state index is 8.77. The average Bonchev–Trinajstić information content (AvgIpc) is 2.77. The van der Waals surface area contributed by atoms with E-state index in [2.05, 4.69) is 36.3 Å². The van der Waals surface area contributed by atoms with Gasteiger partial charge in [-0.05, 0) is 32.0 Å². The topological polar surface area (TPSA) is 74.7 Å². The van der Waals surface area contributed by atoms with Crippen molar-refractivity contribution >= 4 is 22.8 Å². The van der Waals surface area contributed by atoms with Crippen LogP contribution in [0.2, 0.25) is 0 Å². The molecule has 3 N–H and O–H groups in total. The molecule has 2 aromatic heterocycles. The zero-order valence-electron chi connectivity index (χ0n) is 11.0. The minimum Gasteiger partial charge on any atom is -0.396 e. The van der Waals surface area contributed by atoms with E-state index in [0.717, 1.165) is 6.42 Å². The zero-order chi connectivity index (χ0) is 13.8. The first kappa shape index (κ1) is 13.4. The number of aromatic nitrogens is 1. The van der Waals surface area contributed by atoms with Crippen LogP contribution in [0.15, 0.2) is 24.4 Å². The van der Waals surface area contributed by atoms with Crippen LogP contribution >= 0.6 is 11.3 Å². The van der Waals surface area contributed by atoms with E-state index in [9.17, 15) is 0 Å². The van der Waals surface area contributed by atoms with Crippen molar-refractivity contribution in [3.63, 3.8) is 0 Å². The molecule has 0 fully saturated rings. The summed E-state index contributed by atoms with van der Waals surface area (Å²) in [6.07, 6.45) is 2.46. The Morgan fingerprint density at radius 1 is 1.53 bits per heavy atom. The third-order valence-corrected chi connectivity index (χ3v) is 3.76. The maximum Gasteiger partial charge on any atom is 0.149 e. The van der Waals surface area contributed by atoms with Crippen LogP contribution in [0.3, 0.4) is 0 Å². The highest BCUT2D eigenvalue weighted by molar-refractivity contribution is 7.11. The van der Waals surface area contributed by atoms with E-state index in [0.29, 0.717) is 17.1 Å². The van der Waals surface area contributed by atoms with Gasteiger partial charge in [-0.3, -0.25) is 0 Å². The van der Waals surface area contributed by atoms with Gasteiger partial charge in [-0.1, -0.05) is 0 Å². The smallest absolute Gasteiger partial charge is 0.149 e. The standard InChI is InChI=1S/C14H16N4S/c1-9(5-12-4-3-10(2)19-12)18-14-13(16)6-11(7-15)8-17-14/h3-4,6,8-9H,5,16H2,1-2H3,(H,17,18). The molecule has 0 aliphatic rings. The number of hydrogen-bond donors (Lipinski definition) is 2. The fraction of sp³-hybridized carbons (Fsp3) is 0.286. The first-order chi connectivity index (χ1) is 9.08. The van der Waals surface area contributed by atoms with Gasteiger partial charge in [-0.2, -0.15) is 5.26 Å². The van der Waals surface area contributed by atoms with Crippen LogP contribution in [0.1, 0.15) is 22.2 Å². The Morgan fingerprint density at radius 3 is 2.89 bits per heavy atom. The van der Waals surface area contributed by atoms with Crippen molar-refractivity contribution in [1.82, 2.24) is 4.98 Å². The number of rotatable bonds is 4. The lowest BCUT2D eigenvalue weighted by molar-refractivity contribution is 0.795. The van der Waals surface area contributed by atoms with Crippen LogP contribution in [0.5, 0.6) is 0 Å². The fourth-order valence-corrected chi connectivity index (χ4v) is 2.86.